The van der Waals surface area contributed by atoms with Gasteiger partial charge in [-0.1, -0.05) is 25.0 Å². The maximum absolute atomic E-state index is 11.4. The van der Waals surface area contributed by atoms with Gasteiger partial charge in [-0.05, 0) is 19.8 Å². The molecular formula is C13H24N2O3. The topological polar surface area (TPSA) is 70.6 Å². The van der Waals surface area contributed by atoms with Gasteiger partial charge < -0.3 is 20.5 Å². The van der Waals surface area contributed by atoms with Gasteiger partial charge >= 0.3 is 6.03 Å². The summed E-state index contributed by atoms with van der Waals surface area (Å²) in [6.07, 6.45) is 3.62. The molecule has 0 aromatic rings. The number of hydrogen-bond acceptors (Lipinski definition) is 3. The first-order chi connectivity index (χ1) is 8.52. The standard InChI is InChI=1S/C13H24N2O3/c1-11(2)9-18-8-7-14-12(16)15-10-13(17)5-3-4-6-13/h17H,1,3-10H2,2H3,(H2,14,15,16). The first-order valence-electron chi connectivity index (χ1n) is 6.48. The Morgan fingerprint density at radius 1 is 1.39 bits per heavy atom. The molecule has 0 aliphatic heterocycles. The van der Waals surface area contributed by atoms with Crippen LogP contribution in [0.25, 0.3) is 0 Å². The number of nitrogens with one attached hydrogen (secondary N) is 2. The van der Waals surface area contributed by atoms with E-state index >= 15 is 0 Å². The van der Waals surface area contributed by atoms with E-state index in [1.54, 1.807) is 0 Å². The van der Waals surface area contributed by atoms with Gasteiger partial charge in [0.2, 0.25) is 0 Å². The molecule has 0 aromatic heterocycles. The van der Waals surface area contributed by atoms with Gasteiger partial charge in [-0.25, -0.2) is 4.79 Å². The van der Waals surface area contributed by atoms with Crippen molar-refractivity contribution in [2.75, 3.05) is 26.3 Å². The van der Waals surface area contributed by atoms with Gasteiger partial charge in [0.25, 0.3) is 0 Å². The maximum Gasteiger partial charge on any atom is 0.314 e. The number of ether oxygens (including phenoxy) is 1. The first-order valence-corrected chi connectivity index (χ1v) is 6.48. The van der Waals surface area contributed by atoms with Gasteiger partial charge in [-0.15, -0.1) is 0 Å². The molecule has 1 rings (SSSR count). The Balaban J connectivity index is 2.02. The molecule has 0 saturated heterocycles. The predicted octanol–water partition coefficient (Wildman–Crippen LogP) is 1.18. The Morgan fingerprint density at radius 2 is 2.06 bits per heavy atom. The highest BCUT2D eigenvalue weighted by atomic mass is 16.5. The summed E-state index contributed by atoms with van der Waals surface area (Å²) in [5.41, 5.74) is 0.260. The smallest absolute Gasteiger partial charge is 0.314 e. The van der Waals surface area contributed by atoms with Crippen LogP contribution >= 0.6 is 0 Å². The average molecular weight is 256 g/mol. The second-order valence-corrected chi connectivity index (χ2v) is 5.05. The van der Waals surface area contributed by atoms with Crippen LogP contribution in [0.1, 0.15) is 32.6 Å². The van der Waals surface area contributed by atoms with Crippen LogP contribution in [0, 0.1) is 0 Å². The van der Waals surface area contributed by atoms with Crippen LogP contribution in [0.15, 0.2) is 12.2 Å². The summed E-state index contributed by atoms with van der Waals surface area (Å²) < 4.78 is 5.25. The first kappa shape index (κ1) is 15.0. The van der Waals surface area contributed by atoms with E-state index in [1.807, 2.05) is 6.92 Å². The summed E-state index contributed by atoms with van der Waals surface area (Å²) in [6.45, 7) is 7.37. The maximum atomic E-state index is 11.4. The number of amides is 2. The fourth-order valence-corrected chi connectivity index (χ4v) is 2.00. The lowest BCUT2D eigenvalue weighted by molar-refractivity contribution is 0.0500. The molecule has 2 amide bonds. The monoisotopic (exact) mass is 256 g/mol. The minimum Gasteiger partial charge on any atom is -0.388 e. The minimum absolute atomic E-state index is 0.255. The van der Waals surface area contributed by atoms with Gasteiger partial charge in [0.1, 0.15) is 0 Å². The van der Waals surface area contributed by atoms with Gasteiger partial charge in [-0.3, -0.25) is 0 Å². The fourth-order valence-electron chi connectivity index (χ4n) is 2.00. The lowest BCUT2D eigenvalue weighted by Gasteiger charge is -2.22. The molecule has 5 heteroatoms. The Kier molecular flexibility index (Phi) is 6.15. The van der Waals surface area contributed by atoms with Crippen LogP contribution in [-0.4, -0.2) is 43.0 Å². The Hall–Kier alpha value is -1.07. The molecule has 5 nitrogen and oxygen atoms in total. The van der Waals surface area contributed by atoms with Crippen LogP contribution in [0.2, 0.25) is 0 Å². The number of aliphatic hydroxyl groups is 1. The third-order valence-electron chi connectivity index (χ3n) is 2.99. The SMILES string of the molecule is C=C(C)COCCNC(=O)NCC1(O)CCCC1. The average Bonchev–Trinajstić information content (AvgIpc) is 2.73. The van der Waals surface area contributed by atoms with Crippen molar-refractivity contribution in [2.45, 2.75) is 38.2 Å². The molecule has 18 heavy (non-hydrogen) atoms. The van der Waals surface area contributed by atoms with Crippen LogP contribution < -0.4 is 10.6 Å². The zero-order valence-corrected chi connectivity index (χ0v) is 11.1. The number of carbonyl (C=O) groups is 1. The van der Waals surface area contributed by atoms with Crippen LogP contribution in [0.3, 0.4) is 0 Å². The summed E-state index contributed by atoms with van der Waals surface area (Å²) in [7, 11) is 0. The highest BCUT2D eigenvalue weighted by Crippen LogP contribution is 2.28. The molecule has 1 aliphatic rings. The second-order valence-electron chi connectivity index (χ2n) is 5.05. The molecular weight excluding hydrogens is 232 g/mol. The molecule has 104 valence electrons. The van der Waals surface area contributed by atoms with Crippen molar-refractivity contribution in [1.29, 1.82) is 0 Å². The molecule has 0 spiro atoms. The minimum atomic E-state index is -0.701. The molecule has 0 unspecified atom stereocenters. The molecule has 1 saturated carbocycles. The zero-order chi connectivity index (χ0) is 13.4. The van der Waals surface area contributed by atoms with Crippen LogP contribution in [-0.2, 0) is 4.74 Å². The summed E-state index contributed by atoms with van der Waals surface area (Å²) in [5, 5.41) is 15.4. The van der Waals surface area contributed by atoms with Gasteiger partial charge in [0, 0.05) is 13.1 Å². The highest BCUT2D eigenvalue weighted by molar-refractivity contribution is 5.73. The number of rotatable bonds is 7. The quantitative estimate of drug-likeness (QED) is 0.473. The molecule has 0 aromatic carbocycles. The van der Waals surface area contributed by atoms with Crippen LogP contribution in [0.4, 0.5) is 4.79 Å². The van der Waals surface area contributed by atoms with E-state index in [2.05, 4.69) is 17.2 Å². The Labute approximate surface area is 109 Å². The van der Waals surface area contributed by atoms with Crippen molar-refractivity contribution in [3.05, 3.63) is 12.2 Å². The van der Waals surface area contributed by atoms with E-state index < -0.39 is 5.60 Å². The highest BCUT2D eigenvalue weighted by Gasteiger charge is 2.31. The van der Waals surface area contributed by atoms with E-state index in [-0.39, 0.29) is 6.03 Å². The van der Waals surface area contributed by atoms with Gasteiger partial charge in [0.05, 0.1) is 18.8 Å². The van der Waals surface area contributed by atoms with E-state index in [0.717, 1.165) is 31.3 Å². The molecule has 0 bridgehead atoms. The van der Waals surface area contributed by atoms with Crippen molar-refractivity contribution in [3.63, 3.8) is 0 Å². The third-order valence-corrected chi connectivity index (χ3v) is 2.99. The van der Waals surface area contributed by atoms with Gasteiger partial charge in [0.15, 0.2) is 0 Å². The third kappa shape index (κ3) is 6.02. The Bertz CT molecular complexity index is 286. The van der Waals surface area contributed by atoms with Crippen molar-refractivity contribution in [1.82, 2.24) is 10.6 Å². The summed E-state index contributed by atoms with van der Waals surface area (Å²) in [6, 6.07) is -0.255. The van der Waals surface area contributed by atoms with Crippen molar-refractivity contribution >= 4 is 6.03 Å². The summed E-state index contributed by atoms with van der Waals surface area (Å²) in [5.74, 6) is 0. The fraction of sp³-hybridized carbons (Fsp3) is 0.769. The number of hydrogen-bond donors (Lipinski definition) is 3. The summed E-state index contributed by atoms with van der Waals surface area (Å²) >= 11 is 0. The summed E-state index contributed by atoms with van der Waals surface area (Å²) in [4.78, 5) is 11.4. The molecule has 3 N–H and O–H groups in total. The molecule has 0 heterocycles. The van der Waals surface area contributed by atoms with E-state index in [4.69, 9.17) is 4.74 Å². The van der Waals surface area contributed by atoms with E-state index in [9.17, 15) is 9.90 Å². The zero-order valence-electron chi connectivity index (χ0n) is 11.1. The molecule has 0 radical (unpaired) electrons. The molecule has 1 aliphatic carbocycles. The van der Waals surface area contributed by atoms with Gasteiger partial charge in [-0.2, -0.15) is 0 Å². The van der Waals surface area contributed by atoms with Crippen molar-refractivity contribution in [2.24, 2.45) is 0 Å². The lowest BCUT2D eigenvalue weighted by atomic mass is 10.0. The largest absolute Gasteiger partial charge is 0.388 e. The normalized spacial score (nSPS) is 17.4. The van der Waals surface area contributed by atoms with E-state index in [0.29, 0.717) is 26.3 Å². The van der Waals surface area contributed by atoms with E-state index in [1.165, 1.54) is 0 Å². The van der Waals surface area contributed by atoms with Crippen molar-refractivity contribution in [3.8, 4) is 0 Å². The predicted molar refractivity (Wildman–Crippen MR) is 70.5 cm³/mol. The molecule has 0 atom stereocenters. The lowest BCUT2D eigenvalue weighted by Crippen LogP contribution is -2.45. The number of urea groups is 1. The second kappa shape index (κ2) is 7.38. The van der Waals surface area contributed by atoms with Crippen LogP contribution in [0.5, 0.6) is 0 Å². The Morgan fingerprint density at radius 3 is 2.67 bits per heavy atom. The number of carbonyl (C=O) groups excluding carboxylic acids is 1. The van der Waals surface area contributed by atoms with Crippen molar-refractivity contribution < 1.29 is 14.6 Å². The molecule has 1 fully saturated rings.